The zero-order valence-electron chi connectivity index (χ0n) is 20.5. The fourth-order valence-corrected chi connectivity index (χ4v) is 4.52. The number of ketones is 1. The van der Waals surface area contributed by atoms with Gasteiger partial charge in [-0.05, 0) is 36.8 Å². The highest BCUT2D eigenvalue weighted by atomic mass is 16.7. The van der Waals surface area contributed by atoms with E-state index in [0.29, 0.717) is 22.6 Å². The van der Waals surface area contributed by atoms with Crippen LogP contribution in [-0.2, 0) is 23.9 Å². The molecule has 0 saturated carbocycles. The molecule has 0 bridgehead atoms. The standard InChI is InChI=1S/C28H27NO7/c1-18-10-12-20(13-11-18)25-23(24(30)19-8-6-5-7-9-19)28(26(31)34-3,27(32)35-4)29(36-25)21-14-16-22(33-2)17-15-21/h5-17,23,25H,1-4H3. The number of benzene rings is 3. The molecule has 1 aliphatic rings. The van der Waals surface area contributed by atoms with E-state index >= 15 is 0 Å². The van der Waals surface area contributed by atoms with Crippen molar-refractivity contribution in [3.8, 4) is 5.75 Å². The fraction of sp³-hybridized carbons (Fsp3) is 0.250. The second-order valence-corrected chi connectivity index (χ2v) is 8.39. The number of ether oxygens (including phenoxy) is 3. The van der Waals surface area contributed by atoms with E-state index in [1.807, 2.05) is 31.2 Å². The molecule has 0 radical (unpaired) electrons. The van der Waals surface area contributed by atoms with E-state index in [1.165, 1.54) is 7.11 Å². The number of rotatable bonds is 7. The van der Waals surface area contributed by atoms with Gasteiger partial charge in [0.2, 0.25) is 0 Å². The van der Waals surface area contributed by atoms with Gasteiger partial charge in [0.1, 0.15) is 17.8 Å². The summed E-state index contributed by atoms with van der Waals surface area (Å²) in [5, 5.41) is 1.14. The van der Waals surface area contributed by atoms with E-state index < -0.39 is 35.3 Å². The van der Waals surface area contributed by atoms with E-state index in [4.69, 9.17) is 19.0 Å². The lowest BCUT2D eigenvalue weighted by Crippen LogP contribution is -2.63. The van der Waals surface area contributed by atoms with Gasteiger partial charge in [-0.2, -0.15) is 0 Å². The van der Waals surface area contributed by atoms with E-state index in [0.717, 1.165) is 24.8 Å². The van der Waals surface area contributed by atoms with Gasteiger partial charge in [-0.3, -0.25) is 9.63 Å². The minimum atomic E-state index is -2.26. The number of nitrogens with zero attached hydrogens (tertiary/aromatic N) is 1. The molecular weight excluding hydrogens is 462 g/mol. The Bertz CT molecular complexity index is 1220. The summed E-state index contributed by atoms with van der Waals surface area (Å²) in [5.41, 5.74) is 0.00891. The van der Waals surface area contributed by atoms with Crippen molar-refractivity contribution in [1.82, 2.24) is 0 Å². The molecule has 8 heteroatoms. The van der Waals surface area contributed by atoms with Crippen molar-refractivity contribution in [3.05, 3.63) is 95.6 Å². The smallest absolute Gasteiger partial charge is 0.346 e. The molecule has 2 unspecified atom stereocenters. The van der Waals surface area contributed by atoms with Crippen LogP contribution in [0.5, 0.6) is 5.75 Å². The largest absolute Gasteiger partial charge is 0.497 e. The van der Waals surface area contributed by atoms with Crippen LogP contribution in [0.2, 0.25) is 0 Å². The van der Waals surface area contributed by atoms with Gasteiger partial charge in [-0.15, -0.1) is 0 Å². The van der Waals surface area contributed by atoms with Crippen LogP contribution in [0.4, 0.5) is 5.69 Å². The number of carbonyl (C=O) groups excluding carboxylic acids is 3. The van der Waals surface area contributed by atoms with Crippen LogP contribution in [0.3, 0.4) is 0 Å². The van der Waals surface area contributed by atoms with Crippen molar-refractivity contribution in [1.29, 1.82) is 0 Å². The highest BCUT2D eigenvalue weighted by Gasteiger charge is 2.70. The molecule has 1 heterocycles. The van der Waals surface area contributed by atoms with Gasteiger partial charge >= 0.3 is 11.9 Å². The Labute approximate surface area is 209 Å². The summed E-state index contributed by atoms with van der Waals surface area (Å²) in [7, 11) is 3.83. The Morgan fingerprint density at radius 1 is 0.806 bits per heavy atom. The van der Waals surface area contributed by atoms with E-state index in [-0.39, 0.29) is 0 Å². The first-order valence-electron chi connectivity index (χ1n) is 11.3. The summed E-state index contributed by atoms with van der Waals surface area (Å²) in [5.74, 6) is -3.19. The van der Waals surface area contributed by atoms with Crippen molar-refractivity contribution in [3.63, 3.8) is 0 Å². The summed E-state index contributed by atoms with van der Waals surface area (Å²) >= 11 is 0. The van der Waals surface area contributed by atoms with Gasteiger partial charge in [0, 0.05) is 5.56 Å². The number of esters is 2. The van der Waals surface area contributed by atoms with Crippen molar-refractivity contribution in [2.45, 2.75) is 18.6 Å². The number of anilines is 1. The molecule has 36 heavy (non-hydrogen) atoms. The molecule has 1 saturated heterocycles. The molecule has 0 spiro atoms. The zero-order valence-corrected chi connectivity index (χ0v) is 20.5. The Morgan fingerprint density at radius 3 is 1.92 bits per heavy atom. The molecule has 0 aromatic heterocycles. The van der Waals surface area contributed by atoms with Crippen LogP contribution in [-0.4, -0.2) is 44.6 Å². The maximum absolute atomic E-state index is 14.1. The molecule has 2 atom stereocenters. The number of methoxy groups -OCH3 is 3. The van der Waals surface area contributed by atoms with Crippen LogP contribution >= 0.6 is 0 Å². The molecule has 0 aliphatic carbocycles. The molecule has 8 nitrogen and oxygen atoms in total. The lowest BCUT2D eigenvalue weighted by molar-refractivity contribution is -0.163. The number of Topliss-reactive ketones (excluding diaryl/α,β-unsaturated/α-hetero) is 1. The molecule has 4 rings (SSSR count). The first-order chi connectivity index (χ1) is 17.4. The van der Waals surface area contributed by atoms with Crippen LogP contribution in [0.15, 0.2) is 78.9 Å². The van der Waals surface area contributed by atoms with Crippen molar-refractivity contribution in [2.24, 2.45) is 5.92 Å². The molecular formula is C28H27NO7. The average Bonchev–Trinajstić information content (AvgIpc) is 3.29. The summed E-state index contributed by atoms with van der Waals surface area (Å²) in [6, 6.07) is 22.4. The van der Waals surface area contributed by atoms with Gasteiger partial charge < -0.3 is 14.2 Å². The summed E-state index contributed by atoms with van der Waals surface area (Å²) < 4.78 is 15.5. The van der Waals surface area contributed by atoms with Gasteiger partial charge in [-0.25, -0.2) is 14.7 Å². The highest BCUT2D eigenvalue weighted by molar-refractivity contribution is 6.15. The molecule has 1 fully saturated rings. The van der Waals surface area contributed by atoms with Crippen molar-refractivity contribution >= 4 is 23.4 Å². The summed E-state index contributed by atoms with van der Waals surface area (Å²) in [4.78, 5) is 47.6. The molecule has 0 N–H and O–H groups in total. The van der Waals surface area contributed by atoms with E-state index in [1.54, 1.807) is 54.6 Å². The lowest BCUT2D eigenvalue weighted by atomic mass is 9.74. The number of carbonyl (C=O) groups is 3. The monoisotopic (exact) mass is 489 g/mol. The fourth-order valence-electron chi connectivity index (χ4n) is 4.52. The van der Waals surface area contributed by atoms with Crippen molar-refractivity contribution < 1.29 is 33.4 Å². The van der Waals surface area contributed by atoms with Crippen LogP contribution in [0.25, 0.3) is 0 Å². The summed E-state index contributed by atoms with van der Waals surface area (Å²) in [6.07, 6.45) is -1.00. The number of aryl methyl sites for hydroxylation is 1. The minimum absolute atomic E-state index is 0.317. The number of hydrogen-bond donors (Lipinski definition) is 0. The van der Waals surface area contributed by atoms with Crippen LogP contribution in [0, 0.1) is 12.8 Å². The topological polar surface area (TPSA) is 91.4 Å². The summed E-state index contributed by atoms with van der Waals surface area (Å²) in [6.45, 7) is 1.93. The van der Waals surface area contributed by atoms with E-state index in [9.17, 15) is 14.4 Å². The predicted molar refractivity (Wildman–Crippen MR) is 132 cm³/mol. The van der Waals surface area contributed by atoms with Gasteiger partial charge in [0.05, 0.1) is 27.0 Å². The SMILES string of the molecule is COC(=O)C1(C(=O)OC)C(C(=O)c2ccccc2)C(c2ccc(C)cc2)ON1c1ccc(OC)cc1. The first-order valence-corrected chi connectivity index (χ1v) is 11.3. The molecule has 186 valence electrons. The quantitative estimate of drug-likeness (QED) is 0.279. The molecule has 0 amide bonds. The Balaban J connectivity index is 2.00. The Kier molecular flexibility index (Phi) is 7.07. The highest BCUT2D eigenvalue weighted by Crippen LogP contribution is 2.50. The predicted octanol–water partition coefficient (Wildman–Crippen LogP) is 4.08. The third-order valence-electron chi connectivity index (χ3n) is 6.34. The zero-order chi connectivity index (χ0) is 25.9. The minimum Gasteiger partial charge on any atom is -0.497 e. The van der Waals surface area contributed by atoms with Crippen LogP contribution in [0.1, 0.15) is 27.6 Å². The molecule has 3 aromatic carbocycles. The lowest BCUT2D eigenvalue weighted by Gasteiger charge is -2.35. The second-order valence-electron chi connectivity index (χ2n) is 8.39. The Morgan fingerprint density at radius 2 is 1.39 bits per heavy atom. The maximum Gasteiger partial charge on any atom is 0.346 e. The Hall–Kier alpha value is -4.17. The molecule has 1 aliphatic heterocycles. The third-order valence-corrected chi connectivity index (χ3v) is 6.34. The number of hydroxylamine groups is 1. The van der Waals surface area contributed by atoms with E-state index in [2.05, 4.69) is 0 Å². The maximum atomic E-state index is 14.1. The first kappa shape index (κ1) is 24.9. The van der Waals surface area contributed by atoms with Gasteiger partial charge in [0.15, 0.2) is 5.78 Å². The van der Waals surface area contributed by atoms with Gasteiger partial charge in [0.25, 0.3) is 5.54 Å². The third kappa shape index (κ3) is 4.09. The normalized spacial score (nSPS) is 18.4. The second kappa shape index (κ2) is 10.2. The average molecular weight is 490 g/mol. The van der Waals surface area contributed by atoms with Crippen LogP contribution < -0.4 is 9.80 Å². The van der Waals surface area contributed by atoms with Crippen molar-refractivity contribution in [2.75, 3.05) is 26.4 Å². The molecule has 3 aromatic rings. The number of hydrogen-bond acceptors (Lipinski definition) is 8. The van der Waals surface area contributed by atoms with Gasteiger partial charge in [-0.1, -0.05) is 60.2 Å².